The summed E-state index contributed by atoms with van der Waals surface area (Å²) >= 11 is 0. The lowest BCUT2D eigenvalue weighted by atomic mass is 9.72. The topological polar surface area (TPSA) is 34.1 Å². The molecule has 0 aromatic heterocycles. The zero-order valence-corrected chi connectivity index (χ0v) is 10.5. The maximum absolute atomic E-state index is 11.5. The minimum Gasteiger partial charge on any atom is -0.229 e. The van der Waals surface area contributed by atoms with Crippen LogP contribution >= 0.6 is 0 Å². The molecule has 14 heavy (non-hydrogen) atoms. The van der Waals surface area contributed by atoms with Crippen molar-refractivity contribution in [3.8, 4) is 0 Å². The molecule has 0 N–H and O–H groups in total. The zero-order valence-electron chi connectivity index (χ0n) is 9.71. The summed E-state index contributed by atoms with van der Waals surface area (Å²) < 4.78 is 22.9. The molecule has 0 aromatic rings. The number of sulfone groups is 1. The van der Waals surface area contributed by atoms with Crippen molar-refractivity contribution >= 4 is 9.84 Å². The molecule has 1 rings (SSSR count). The monoisotopic (exact) mass is 218 g/mol. The molecular weight excluding hydrogens is 196 g/mol. The van der Waals surface area contributed by atoms with E-state index in [1.807, 2.05) is 0 Å². The minimum absolute atomic E-state index is 0.0829. The number of hydrogen-bond acceptors (Lipinski definition) is 2. The van der Waals surface area contributed by atoms with Crippen molar-refractivity contribution in [2.75, 3.05) is 6.26 Å². The van der Waals surface area contributed by atoms with Gasteiger partial charge in [-0.1, -0.05) is 27.2 Å². The summed E-state index contributed by atoms with van der Waals surface area (Å²) in [5, 5.41) is -0.0829. The molecular formula is C11H22O2S. The van der Waals surface area contributed by atoms with E-state index in [-0.39, 0.29) is 10.7 Å². The van der Waals surface area contributed by atoms with E-state index >= 15 is 0 Å². The van der Waals surface area contributed by atoms with Crippen LogP contribution in [0.5, 0.6) is 0 Å². The molecule has 0 spiro atoms. The molecule has 2 nitrogen and oxygen atoms in total. The fourth-order valence-electron chi connectivity index (χ4n) is 2.32. The van der Waals surface area contributed by atoms with Crippen LogP contribution in [-0.2, 0) is 9.84 Å². The number of hydrogen-bond donors (Lipinski definition) is 0. The van der Waals surface area contributed by atoms with Crippen LogP contribution in [0.1, 0.15) is 46.5 Å². The summed E-state index contributed by atoms with van der Waals surface area (Å²) in [6.45, 7) is 6.63. The Kier molecular flexibility index (Phi) is 3.30. The van der Waals surface area contributed by atoms with Crippen LogP contribution in [0.4, 0.5) is 0 Å². The van der Waals surface area contributed by atoms with Crippen LogP contribution in [0.25, 0.3) is 0 Å². The Bertz CT molecular complexity index is 285. The second kappa shape index (κ2) is 3.84. The lowest BCUT2D eigenvalue weighted by Gasteiger charge is -2.36. The molecule has 1 saturated carbocycles. The van der Waals surface area contributed by atoms with E-state index in [0.29, 0.717) is 5.92 Å². The molecule has 1 unspecified atom stereocenters. The molecule has 0 amide bonds. The fraction of sp³-hybridized carbons (Fsp3) is 1.00. The summed E-state index contributed by atoms with van der Waals surface area (Å²) in [5.74, 6) is 0.566. The van der Waals surface area contributed by atoms with Gasteiger partial charge in [-0.3, -0.25) is 0 Å². The Morgan fingerprint density at radius 1 is 1.14 bits per heavy atom. The summed E-state index contributed by atoms with van der Waals surface area (Å²) in [7, 11) is -2.82. The van der Waals surface area contributed by atoms with Gasteiger partial charge in [-0.15, -0.1) is 0 Å². The van der Waals surface area contributed by atoms with Crippen molar-refractivity contribution in [2.24, 2.45) is 11.3 Å². The van der Waals surface area contributed by atoms with Gasteiger partial charge in [0.05, 0.1) is 5.25 Å². The van der Waals surface area contributed by atoms with E-state index in [1.54, 1.807) is 0 Å². The van der Waals surface area contributed by atoms with E-state index in [9.17, 15) is 8.42 Å². The van der Waals surface area contributed by atoms with Gasteiger partial charge < -0.3 is 0 Å². The van der Waals surface area contributed by atoms with Gasteiger partial charge >= 0.3 is 0 Å². The van der Waals surface area contributed by atoms with Crippen LogP contribution < -0.4 is 0 Å². The second-order valence-electron chi connectivity index (χ2n) is 5.68. The molecule has 0 saturated heterocycles. The van der Waals surface area contributed by atoms with Gasteiger partial charge in [0.2, 0.25) is 0 Å². The van der Waals surface area contributed by atoms with Crippen LogP contribution in [0.3, 0.4) is 0 Å². The van der Waals surface area contributed by atoms with Gasteiger partial charge in [-0.25, -0.2) is 8.42 Å². The van der Waals surface area contributed by atoms with Crippen molar-refractivity contribution in [2.45, 2.75) is 51.7 Å². The molecule has 1 aliphatic rings. The molecule has 0 aliphatic heterocycles. The third-order valence-corrected chi connectivity index (χ3v) is 5.10. The molecule has 0 radical (unpaired) electrons. The first-order valence-corrected chi connectivity index (χ1v) is 7.35. The Labute approximate surface area is 88.0 Å². The predicted octanol–water partition coefficient (Wildman–Crippen LogP) is 2.64. The average Bonchev–Trinajstić information content (AvgIpc) is 2.01. The van der Waals surface area contributed by atoms with Crippen LogP contribution in [-0.4, -0.2) is 19.9 Å². The van der Waals surface area contributed by atoms with Gasteiger partial charge in [-0.05, 0) is 30.6 Å². The Morgan fingerprint density at radius 3 is 2.14 bits per heavy atom. The van der Waals surface area contributed by atoms with E-state index in [2.05, 4.69) is 20.8 Å². The van der Waals surface area contributed by atoms with Gasteiger partial charge in [0.25, 0.3) is 0 Å². The first-order chi connectivity index (χ1) is 6.21. The van der Waals surface area contributed by atoms with Crippen molar-refractivity contribution in [3.63, 3.8) is 0 Å². The highest BCUT2D eigenvalue weighted by Crippen LogP contribution is 2.39. The SMILES string of the molecule is CC(C)(C)C1CCC[C@@H](S(C)(=O)=O)C1. The molecule has 0 heterocycles. The highest BCUT2D eigenvalue weighted by atomic mass is 32.2. The van der Waals surface area contributed by atoms with E-state index in [1.165, 1.54) is 12.7 Å². The van der Waals surface area contributed by atoms with Gasteiger partial charge in [-0.2, -0.15) is 0 Å². The normalized spacial score (nSPS) is 30.3. The summed E-state index contributed by atoms with van der Waals surface area (Å²) in [5.41, 5.74) is 0.253. The summed E-state index contributed by atoms with van der Waals surface area (Å²) in [6.07, 6.45) is 5.37. The third kappa shape index (κ3) is 2.97. The molecule has 84 valence electrons. The number of rotatable bonds is 1. The molecule has 2 atom stereocenters. The third-order valence-electron chi connectivity index (χ3n) is 3.46. The summed E-state index contributed by atoms with van der Waals surface area (Å²) in [4.78, 5) is 0. The first-order valence-electron chi connectivity index (χ1n) is 5.40. The highest BCUT2D eigenvalue weighted by molar-refractivity contribution is 7.91. The lowest BCUT2D eigenvalue weighted by Crippen LogP contribution is -2.33. The summed E-state index contributed by atoms with van der Waals surface area (Å²) in [6, 6.07) is 0. The highest BCUT2D eigenvalue weighted by Gasteiger charge is 2.34. The maximum atomic E-state index is 11.5. The zero-order chi connectivity index (χ0) is 11.0. The average molecular weight is 218 g/mol. The molecule has 0 aromatic carbocycles. The smallest absolute Gasteiger partial charge is 0.150 e. The second-order valence-corrected chi connectivity index (χ2v) is 8.01. The largest absolute Gasteiger partial charge is 0.229 e. The molecule has 0 bridgehead atoms. The van der Waals surface area contributed by atoms with E-state index < -0.39 is 9.84 Å². The van der Waals surface area contributed by atoms with Crippen LogP contribution in [0.2, 0.25) is 0 Å². The Morgan fingerprint density at radius 2 is 1.71 bits per heavy atom. The van der Waals surface area contributed by atoms with Gasteiger partial charge in [0.1, 0.15) is 9.84 Å². The first kappa shape index (κ1) is 12.0. The van der Waals surface area contributed by atoms with Gasteiger partial charge in [0, 0.05) is 6.26 Å². The van der Waals surface area contributed by atoms with E-state index in [0.717, 1.165) is 19.3 Å². The predicted molar refractivity (Wildman–Crippen MR) is 60.0 cm³/mol. The maximum Gasteiger partial charge on any atom is 0.150 e. The van der Waals surface area contributed by atoms with E-state index in [4.69, 9.17) is 0 Å². The quantitative estimate of drug-likeness (QED) is 0.678. The molecule has 1 aliphatic carbocycles. The van der Waals surface area contributed by atoms with Crippen LogP contribution in [0, 0.1) is 11.3 Å². The minimum atomic E-state index is -2.82. The Balaban J connectivity index is 2.71. The van der Waals surface area contributed by atoms with Crippen molar-refractivity contribution in [1.82, 2.24) is 0 Å². The molecule has 1 fully saturated rings. The van der Waals surface area contributed by atoms with Crippen molar-refractivity contribution in [1.29, 1.82) is 0 Å². The van der Waals surface area contributed by atoms with Crippen molar-refractivity contribution < 1.29 is 8.42 Å². The lowest BCUT2D eigenvalue weighted by molar-refractivity contribution is 0.181. The van der Waals surface area contributed by atoms with Gasteiger partial charge in [0.15, 0.2) is 0 Å². The van der Waals surface area contributed by atoms with Crippen molar-refractivity contribution in [3.05, 3.63) is 0 Å². The Hall–Kier alpha value is -0.0500. The fourth-order valence-corrected chi connectivity index (χ4v) is 3.50. The molecule has 3 heteroatoms. The standard InChI is InChI=1S/C11H22O2S/c1-11(2,3)9-6-5-7-10(8-9)14(4,12)13/h9-10H,5-8H2,1-4H3/t9?,10-/m1/s1. The van der Waals surface area contributed by atoms with Crippen LogP contribution in [0.15, 0.2) is 0 Å².